The fraction of sp³-hybridized carbons (Fsp3) is 0.143. The van der Waals surface area contributed by atoms with Crippen LogP contribution >= 0.6 is 0 Å². The first kappa shape index (κ1) is 7.02. The maximum Gasteiger partial charge on any atom is 0.140 e. The van der Waals surface area contributed by atoms with Crippen LogP contribution in [0.3, 0.4) is 0 Å². The molecule has 0 aliphatic carbocycles. The van der Waals surface area contributed by atoms with E-state index in [0.717, 1.165) is 0 Å². The highest BCUT2D eigenvalue weighted by molar-refractivity contribution is 5.14. The van der Waals surface area contributed by atoms with Crippen molar-refractivity contribution in [1.29, 1.82) is 0 Å². The van der Waals surface area contributed by atoms with Crippen LogP contribution in [0, 0.1) is 5.82 Å². The van der Waals surface area contributed by atoms with Crippen LogP contribution in [-0.4, -0.2) is 4.98 Å². The van der Waals surface area contributed by atoms with Gasteiger partial charge in [0.05, 0.1) is 6.04 Å². The fourth-order valence-corrected chi connectivity index (χ4v) is 0.704. The molecule has 0 aliphatic heterocycles. The molecule has 1 atom stereocenters. The van der Waals surface area contributed by atoms with Crippen LogP contribution in [0.2, 0.25) is 0 Å². The minimum Gasteiger partial charge on any atom is -0.361 e. The average molecular weight is 140 g/mol. The molecule has 0 aliphatic rings. The minimum atomic E-state index is -0.301. The topological polar surface area (TPSA) is 41.8 Å². The molecule has 3 N–H and O–H groups in total. The van der Waals surface area contributed by atoms with E-state index in [1.54, 1.807) is 6.08 Å². The quantitative estimate of drug-likeness (QED) is 0.598. The van der Waals surface area contributed by atoms with E-state index < -0.39 is 0 Å². The molecule has 0 amide bonds. The highest BCUT2D eigenvalue weighted by atomic mass is 19.1. The van der Waals surface area contributed by atoms with Crippen molar-refractivity contribution in [2.75, 3.05) is 0 Å². The van der Waals surface area contributed by atoms with Crippen molar-refractivity contribution in [1.82, 2.24) is 4.98 Å². The van der Waals surface area contributed by atoms with E-state index in [1.807, 2.05) is 0 Å². The highest BCUT2D eigenvalue weighted by Crippen LogP contribution is 2.09. The third-order valence-corrected chi connectivity index (χ3v) is 1.28. The monoisotopic (exact) mass is 140 g/mol. The second-order valence-electron chi connectivity index (χ2n) is 2.03. The number of hydrogen-bond donors (Lipinski definition) is 2. The largest absolute Gasteiger partial charge is 0.361 e. The summed E-state index contributed by atoms with van der Waals surface area (Å²) in [6, 6.07) is 1.05. The Labute approximate surface area is 58.6 Å². The van der Waals surface area contributed by atoms with Crippen molar-refractivity contribution in [3.05, 3.63) is 36.4 Å². The number of nitrogens with one attached hydrogen (secondary N) is 1. The fourth-order valence-electron chi connectivity index (χ4n) is 0.704. The van der Waals surface area contributed by atoms with Gasteiger partial charge in [-0.05, 0) is 6.07 Å². The maximum absolute atomic E-state index is 12.3. The number of aromatic amines is 1. The lowest BCUT2D eigenvalue weighted by Gasteiger charge is -1.99. The Balaban J connectivity index is 2.84. The summed E-state index contributed by atoms with van der Waals surface area (Å²) in [5.74, 6) is -0.299. The number of hydrogen-bond acceptors (Lipinski definition) is 1. The van der Waals surface area contributed by atoms with Gasteiger partial charge in [-0.25, -0.2) is 4.39 Å². The van der Waals surface area contributed by atoms with Gasteiger partial charge in [-0.3, -0.25) is 0 Å². The molecule has 54 valence electrons. The summed E-state index contributed by atoms with van der Waals surface area (Å²) in [7, 11) is 0. The molecular weight excluding hydrogens is 131 g/mol. The summed E-state index contributed by atoms with van der Waals surface area (Å²) in [6.07, 6.45) is 2.81. The first-order chi connectivity index (χ1) is 4.74. The van der Waals surface area contributed by atoms with Crippen LogP contribution in [0.4, 0.5) is 4.39 Å². The molecule has 1 rings (SSSR count). The summed E-state index contributed by atoms with van der Waals surface area (Å²) in [4.78, 5) is 2.68. The summed E-state index contributed by atoms with van der Waals surface area (Å²) in [6.45, 7) is 3.48. The SMILES string of the molecule is C=CC(N)c1cc(F)c[nH]1. The molecule has 0 aromatic carbocycles. The van der Waals surface area contributed by atoms with E-state index in [2.05, 4.69) is 11.6 Å². The van der Waals surface area contributed by atoms with Crippen LogP contribution in [0.5, 0.6) is 0 Å². The summed E-state index contributed by atoms with van der Waals surface area (Å²) in [5.41, 5.74) is 6.14. The predicted molar refractivity (Wildman–Crippen MR) is 37.9 cm³/mol. The van der Waals surface area contributed by atoms with Gasteiger partial charge in [-0.1, -0.05) is 6.08 Å². The highest BCUT2D eigenvalue weighted by Gasteiger charge is 2.02. The van der Waals surface area contributed by atoms with Gasteiger partial charge in [0.25, 0.3) is 0 Å². The Morgan fingerprint density at radius 1 is 1.80 bits per heavy atom. The lowest BCUT2D eigenvalue weighted by atomic mass is 10.2. The van der Waals surface area contributed by atoms with Gasteiger partial charge in [0, 0.05) is 11.9 Å². The molecule has 1 heterocycles. The van der Waals surface area contributed by atoms with E-state index >= 15 is 0 Å². The van der Waals surface area contributed by atoms with Crippen molar-refractivity contribution >= 4 is 0 Å². The zero-order valence-corrected chi connectivity index (χ0v) is 5.47. The zero-order valence-electron chi connectivity index (χ0n) is 5.47. The third kappa shape index (κ3) is 1.25. The van der Waals surface area contributed by atoms with E-state index in [9.17, 15) is 4.39 Å². The number of halogens is 1. The number of H-pyrrole nitrogens is 1. The molecule has 3 heteroatoms. The molecule has 1 aromatic heterocycles. The van der Waals surface area contributed by atoms with E-state index in [0.29, 0.717) is 5.69 Å². The van der Waals surface area contributed by atoms with Crippen LogP contribution in [0.1, 0.15) is 11.7 Å². The molecule has 0 saturated carbocycles. The molecule has 0 radical (unpaired) electrons. The first-order valence-electron chi connectivity index (χ1n) is 2.96. The first-order valence-corrected chi connectivity index (χ1v) is 2.96. The van der Waals surface area contributed by atoms with Gasteiger partial charge in [-0.2, -0.15) is 0 Å². The van der Waals surface area contributed by atoms with Gasteiger partial charge in [0.15, 0.2) is 0 Å². The van der Waals surface area contributed by atoms with Gasteiger partial charge in [0.1, 0.15) is 5.82 Å². The summed E-state index contributed by atoms with van der Waals surface area (Å²) >= 11 is 0. The Morgan fingerprint density at radius 3 is 2.90 bits per heavy atom. The van der Waals surface area contributed by atoms with Gasteiger partial charge >= 0.3 is 0 Å². The van der Waals surface area contributed by atoms with Crippen LogP contribution in [-0.2, 0) is 0 Å². The Hall–Kier alpha value is -1.09. The molecule has 0 saturated heterocycles. The Kier molecular flexibility index (Phi) is 1.87. The standard InChI is InChI=1S/C7H9FN2/c1-2-6(9)7-3-5(8)4-10-7/h2-4,6,10H,1,9H2. The maximum atomic E-state index is 12.3. The van der Waals surface area contributed by atoms with Crippen molar-refractivity contribution in [3.63, 3.8) is 0 Å². The molecule has 1 aromatic rings. The zero-order chi connectivity index (χ0) is 7.56. The Morgan fingerprint density at radius 2 is 2.50 bits per heavy atom. The number of aromatic nitrogens is 1. The summed E-state index contributed by atoms with van der Waals surface area (Å²) < 4.78 is 12.3. The molecule has 2 nitrogen and oxygen atoms in total. The molecule has 0 fully saturated rings. The average Bonchev–Trinajstić information content (AvgIpc) is 2.34. The molecular formula is C7H9FN2. The smallest absolute Gasteiger partial charge is 0.140 e. The van der Waals surface area contributed by atoms with E-state index in [-0.39, 0.29) is 11.9 Å². The second-order valence-corrected chi connectivity index (χ2v) is 2.03. The van der Waals surface area contributed by atoms with Crippen molar-refractivity contribution < 1.29 is 4.39 Å². The molecule has 0 bridgehead atoms. The van der Waals surface area contributed by atoms with E-state index in [1.165, 1.54) is 12.3 Å². The molecule has 1 unspecified atom stereocenters. The van der Waals surface area contributed by atoms with Gasteiger partial charge < -0.3 is 10.7 Å². The Bertz CT molecular complexity index is 229. The summed E-state index contributed by atoms with van der Waals surface area (Å²) in [5, 5.41) is 0. The normalized spacial score (nSPS) is 13.0. The van der Waals surface area contributed by atoms with Crippen LogP contribution in [0.25, 0.3) is 0 Å². The minimum absolute atomic E-state index is 0.299. The molecule has 10 heavy (non-hydrogen) atoms. The van der Waals surface area contributed by atoms with Crippen molar-refractivity contribution in [2.45, 2.75) is 6.04 Å². The van der Waals surface area contributed by atoms with Crippen molar-refractivity contribution in [2.24, 2.45) is 5.73 Å². The van der Waals surface area contributed by atoms with Gasteiger partial charge in [-0.15, -0.1) is 6.58 Å². The van der Waals surface area contributed by atoms with Gasteiger partial charge in [0.2, 0.25) is 0 Å². The van der Waals surface area contributed by atoms with Crippen LogP contribution < -0.4 is 5.73 Å². The lowest BCUT2D eigenvalue weighted by molar-refractivity contribution is 0.629. The molecule has 0 spiro atoms. The lowest BCUT2D eigenvalue weighted by Crippen LogP contribution is -2.06. The van der Waals surface area contributed by atoms with Crippen LogP contribution in [0.15, 0.2) is 24.9 Å². The second kappa shape index (κ2) is 2.66. The third-order valence-electron chi connectivity index (χ3n) is 1.28. The van der Waals surface area contributed by atoms with E-state index in [4.69, 9.17) is 5.73 Å². The van der Waals surface area contributed by atoms with Crippen molar-refractivity contribution in [3.8, 4) is 0 Å². The number of rotatable bonds is 2. The number of nitrogens with two attached hydrogens (primary N) is 1. The predicted octanol–water partition coefficient (Wildman–Crippen LogP) is 1.34.